The molecule has 1 atom stereocenters. The van der Waals surface area contributed by atoms with Crippen LogP contribution >= 0.6 is 0 Å². The Morgan fingerprint density at radius 1 is 1.10 bits per heavy atom. The predicted molar refractivity (Wildman–Crippen MR) is 84.3 cm³/mol. The van der Waals surface area contributed by atoms with Crippen LogP contribution in [0.1, 0.15) is 36.5 Å². The first kappa shape index (κ1) is 14.0. The third-order valence-corrected chi connectivity index (χ3v) is 4.40. The standard InChI is InChI=1S/C19H20O2/c1-4-8-17(20)19(21-3)16-12-6-5-10-14(16)15-11-7-9-13(2)18(15)19/h5-7,9-12H,4,8H2,1-3H3. The van der Waals surface area contributed by atoms with Crippen molar-refractivity contribution in [2.45, 2.75) is 32.3 Å². The largest absolute Gasteiger partial charge is 0.361 e. The van der Waals surface area contributed by atoms with Crippen LogP contribution in [0, 0.1) is 6.92 Å². The van der Waals surface area contributed by atoms with E-state index in [4.69, 9.17) is 4.74 Å². The molecule has 0 fully saturated rings. The number of aryl methyl sites for hydroxylation is 1. The quantitative estimate of drug-likeness (QED) is 0.837. The van der Waals surface area contributed by atoms with Gasteiger partial charge in [-0.05, 0) is 30.0 Å². The van der Waals surface area contributed by atoms with Crippen LogP contribution in [-0.2, 0) is 15.1 Å². The molecule has 0 bridgehead atoms. The van der Waals surface area contributed by atoms with Crippen LogP contribution in [-0.4, -0.2) is 12.9 Å². The van der Waals surface area contributed by atoms with Gasteiger partial charge in [-0.3, -0.25) is 4.79 Å². The molecule has 0 spiro atoms. The SMILES string of the molecule is CCCC(=O)C1(OC)c2ccccc2-c2cccc(C)c21. The fourth-order valence-electron chi connectivity index (χ4n) is 3.54. The minimum Gasteiger partial charge on any atom is -0.361 e. The van der Waals surface area contributed by atoms with Crippen LogP contribution in [0.2, 0.25) is 0 Å². The van der Waals surface area contributed by atoms with Gasteiger partial charge in [-0.2, -0.15) is 0 Å². The maximum Gasteiger partial charge on any atom is 0.177 e. The summed E-state index contributed by atoms with van der Waals surface area (Å²) in [6, 6.07) is 14.3. The number of benzene rings is 2. The highest BCUT2D eigenvalue weighted by Crippen LogP contribution is 2.51. The normalized spacial score (nSPS) is 19.2. The topological polar surface area (TPSA) is 26.3 Å². The average molecular weight is 280 g/mol. The number of rotatable bonds is 4. The molecule has 0 aliphatic heterocycles. The third-order valence-electron chi connectivity index (χ3n) is 4.40. The molecule has 1 unspecified atom stereocenters. The molecule has 2 nitrogen and oxygen atoms in total. The van der Waals surface area contributed by atoms with Gasteiger partial charge in [0.15, 0.2) is 11.4 Å². The monoisotopic (exact) mass is 280 g/mol. The summed E-state index contributed by atoms with van der Waals surface area (Å²) in [5, 5.41) is 0. The molecule has 1 aliphatic rings. The second-order valence-electron chi connectivity index (χ2n) is 5.60. The van der Waals surface area contributed by atoms with Gasteiger partial charge in [-0.15, -0.1) is 0 Å². The van der Waals surface area contributed by atoms with Crippen molar-refractivity contribution in [3.63, 3.8) is 0 Å². The lowest BCUT2D eigenvalue weighted by atomic mass is 9.83. The van der Waals surface area contributed by atoms with E-state index < -0.39 is 5.60 Å². The summed E-state index contributed by atoms with van der Waals surface area (Å²) in [5.74, 6) is 0.146. The van der Waals surface area contributed by atoms with E-state index in [2.05, 4.69) is 25.1 Å². The molecule has 0 heterocycles. The summed E-state index contributed by atoms with van der Waals surface area (Å²) in [6.45, 7) is 4.08. The molecule has 0 saturated heterocycles. The van der Waals surface area contributed by atoms with Crippen LogP contribution in [0.25, 0.3) is 11.1 Å². The first-order valence-electron chi connectivity index (χ1n) is 7.45. The Morgan fingerprint density at radius 3 is 2.52 bits per heavy atom. The molecule has 1 aliphatic carbocycles. The lowest BCUT2D eigenvalue weighted by Crippen LogP contribution is -2.37. The van der Waals surface area contributed by atoms with Crippen molar-refractivity contribution >= 4 is 5.78 Å². The van der Waals surface area contributed by atoms with E-state index in [-0.39, 0.29) is 5.78 Å². The van der Waals surface area contributed by atoms with Crippen LogP contribution in [0.15, 0.2) is 42.5 Å². The number of fused-ring (bicyclic) bond motifs is 3. The zero-order valence-corrected chi connectivity index (χ0v) is 12.8. The summed E-state index contributed by atoms with van der Waals surface area (Å²) in [6.07, 6.45) is 1.35. The van der Waals surface area contributed by atoms with Crippen molar-refractivity contribution in [2.24, 2.45) is 0 Å². The number of carbonyl (C=O) groups excluding carboxylic acids is 1. The summed E-state index contributed by atoms with van der Waals surface area (Å²) >= 11 is 0. The fraction of sp³-hybridized carbons (Fsp3) is 0.316. The Kier molecular flexibility index (Phi) is 3.42. The van der Waals surface area contributed by atoms with E-state index in [1.165, 1.54) is 0 Å². The summed E-state index contributed by atoms with van der Waals surface area (Å²) in [7, 11) is 1.64. The number of methoxy groups -OCH3 is 1. The molecule has 2 aromatic rings. The van der Waals surface area contributed by atoms with Gasteiger partial charge >= 0.3 is 0 Å². The molecule has 2 heteroatoms. The minimum atomic E-state index is -0.937. The van der Waals surface area contributed by atoms with Gasteiger partial charge in [0.1, 0.15) is 0 Å². The molecule has 3 rings (SSSR count). The highest BCUT2D eigenvalue weighted by Gasteiger charge is 2.49. The van der Waals surface area contributed by atoms with Crippen LogP contribution in [0.3, 0.4) is 0 Å². The zero-order valence-electron chi connectivity index (χ0n) is 12.8. The number of hydrogen-bond donors (Lipinski definition) is 0. The Balaban J connectivity index is 2.37. The predicted octanol–water partition coefficient (Wildman–Crippen LogP) is 4.23. The van der Waals surface area contributed by atoms with Crippen molar-refractivity contribution in [1.29, 1.82) is 0 Å². The summed E-state index contributed by atoms with van der Waals surface area (Å²) in [4.78, 5) is 13.0. The van der Waals surface area contributed by atoms with Gasteiger partial charge in [-0.25, -0.2) is 0 Å². The van der Waals surface area contributed by atoms with Crippen LogP contribution in [0.4, 0.5) is 0 Å². The summed E-state index contributed by atoms with van der Waals surface area (Å²) < 4.78 is 5.90. The van der Waals surface area contributed by atoms with Crippen LogP contribution < -0.4 is 0 Å². The van der Waals surface area contributed by atoms with E-state index >= 15 is 0 Å². The lowest BCUT2D eigenvalue weighted by Gasteiger charge is -2.30. The molecule has 108 valence electrons. The van der Waals surface area contributed by atoms with Crippen molar-refractivity contribution < 1.29 is 9.53 Å². The van der Waals surface area contributed by atoms with Gasteiger partial charge < -0.3 is 4.74 Å². The van der Waals surface area contributed by atoms with E-state index in [0.29, 0.717) is 6.42 Å². The zero-order chi connectivity index (χ0) is 15.0. The van der Waals surface area contributed by atoms with E-state index in [1.807, 2.05) is 31.2 Å². The first-order valence-corrected chi connectivity index (χ1v) is 7.45. The number of carbonyl (C=O) groups is 1. The molecular weight excluding hydrogens is 260 g/mol. The van der Waals surface area contributed by atoms with E-state index in [1.54, 1.807) is 7.11 Å². The molecule has 0 N–H and O–H groups in total. The molecule has 21 heavy (non-hydrogen) atoms. The van der Waals surface area contributed by atoms with E-state index in [0.717, 1.165) is 34.2 Å². The van der Waals surface area contributed by atoms with Crippen molar-refractivity contribution in [3.8, 4) is 11.1 Å². The van der Waals surface area contributed by atoms with Gasteiger partial charge in [0, 0.05) is 24.7 Å². The van der Waals surface area contributed by atoms with Crippen molar-refractivity contribution in [2.75, 3.05) is 7.11 Å². The molecule has 0 aromatic heterocycles. The molecule has 2 aromatic carbocycles. The average Bonchev–Trinajstić information content (AvgIpc) is 2.80. The Morgan fingerprint density at radius 2 is 1.81 bits per heavy atom. The van der Waals surface area contributed by atoms with Crippen LogP contribution in [0.5, 0.6) is 0 Å². The first-order chi connectivity index (χ1) is 10.2. The van der Waals surface area contributed by atoms with Gasteiger partial charge in [0.25, 0.3) is 0 Å². The maximum absolute atomic E-state index is 13.0. The fourth-order valence-corrected chi connectivity index (χ4v) is 3.54. The second-order valence-corrected chi connectivity index (χ2v) is 5.60. The van der Waals surface area contributed by atoms with Crippen molar-refractivity contribution in [3.05, 3.63) is 59.2 Å². The number of Topliss-reactive ketones (excluding diaryl/α,β-unsaturated/α-hetero) is 1. The number of ketones is 1. The molecule has 0 radical (unpaired) electrons. The summed E-state index contributed by atoms with van der Waals surface area (Å²) in [5.41, 5.74) is 4.41. The second kappa shape index (κ2) is 5.12. The van der Waals surface area contributed by atoms with Crippen molar-refractivity contribution in [1.82, 2.24) is 0 Å². The number of ether oxygens (including phenoxy) is 1. The van der Waals surface area contributed by atoms with Gasteiger partial charge in [0.05, 0.1) is 0 Å². The smallest absolute Gasteiger partial charge is 0.177 e. The lowest BCUT2D eigenvalue weighted by molar-refractivity contribution is -0.137. The third kappa shape index (κ3) is 1.79. The Labute approximate surface area is 125 Å². The van der Waals surface area contributed by atoms with Gasteiger partial charge in [0.2, 0.25) is 0 Å². The number of hydrogen-bond acceptors (Lipinski definition) is 2. The van der Waals surface area contributed by atoms with Gasteiger partial charge in [-0.1, -0.05) is 49.4 Å². The maximum atomic E-state index is 13.0. The molecule has 0 amide bonds. The molecular formula is C19H20O2. The highest BCUT2D eigenvalue weighted by molar-refractivity contribution is 6.00. The Hall–Kier alpha value is -1.93. The van der Waals surface area contributed by atoms with E-state index in [9.17, 15) is 4.79 Å². The molecule has 0 saturated carbocycles. The minimum absolute atomic E-state index is 0.146. The Bertz CT molecular complexity index is 702. The highest BCUT2D eigenvalue weighted by atomic mass is 16.5.